The van der Waals surface area contributed by atoms with Crippen LogP contribution < -0.4 is 0 Å². The van der Waals surface area contributed by atoms with Crippen molar-refractivity contribution >= 4 is 22.6 Å². The minimum absolute atomic E-state index is 0.238. The van der Waals surface area contributed by atoms with E-state index in [4.69, 9.17) is 11.6 Å². The second-order valence-electron chi connectivity index (χ2n) is 5.13. The van der Waals surface area contributed by atoms with Crippen LogP contribution in [0.1, 0.15) is 17.1 Å². The van der Waals surface area contributed by atoms with Gasteiger partial charge < -0.3 is 4.57 Å². The summed E-state index contributed by atoms with van der Waals surface area (Å²) in [6.07, 6.45) is 2.70. The van der Waals surface area contributed by atoms with Crippen LogP contribution in [0.15, 0.2) is 24.4 Å². The maximum Gasteiger partial charge on any atom is 0.128 e. The lowest BCUT2D eigenvalue weighted by molar-refractivity contribution is 0.619. The van der Waals surface area contributed by atoms with Crippen LogP contribution >= 0.6 is 11.6 Å². The molecule has 0 spiro atoms. The summed E-state index contributed by atoms with van der Waals surface area (Å²) in [4.78, 5) is 4.42. The second kappa shape index (κ2) is 5.48. The molecule has 6 heteroatoms. The highest BCUT2D eigenvalue weighted by Gasteiger charge is 2.12. The van der Waals surface area contributed by atoms with Crippen LogP contribution in [-0.2, 0) is 25.9 Å². The van der Waals surface area contributed by atoms with Crippen LogP contribution in [0, 0.1) is 12.7 Å². The van der Waals surface area contributed by atoms with Gasteiger partial charge in [-0.2, -0.15) is 5.10 Å². The molecule has 3 aromatic rings. The third kappa shape index (κ3) is 2.65. The Morgan fingerprint density at radius 1 is 1.33 bits per heavy atom. The van der Waals surface area contributed by atoms with E-state index in [0.717, 1.165) is 30.0 Å². The molecule has 0 radical (unpaired) electrons. The van der Waals surface area contributed by atoms with Crippen LogP contribution in [0.25, 0.3) is 11.0 Å². The van der Waals surface area contributed by atoms with Crippen molar-refractivity contribution in [3.63, 3.8) is 0 Å². The number of rotatable bonds is 4. The molecular weight excluding hydrogens is 291 g/mol. The van der Waals surface area contributed by atoms with Crippen LogP contribution in [0.4, 0.5) is 4.39 Å². The van der Waals surface area contributed by atoms with Crippen LogP contribution in [0.5, 0.6) is 0 Å². The Hall–Kier alpha value is -1.88. The van der Waals surface area contributed by atoms with Crippen molar-refractivity contribution in [2.24, 2.45) is 7.05 Å². The summed E-state index contributed by atoms with van der Waals surface area (Å²) >= 11 is 5.97. The minimum atomic E-state index is -0.238. The van der Waals surface area contributed by atoms with E-state index in [0.29, 0.717) is 17.0 Å². The molecule has 110 valence electrons. The van der Waals surface area contributed by atoms with E-state index in [-0.39, 0.29) is 5.82 Å². The van der Waals surface area contributed by atoms with E-state index in [1.807, 2.05) is 29.9 Å². The van der Waals surface area contributed by atoms with Crippen molar-refractivity contribution in [2.75, 3.05) is 0 Å². The SMILES string of the molecule is Cc1cc2c(cc1F)nc(CCl)n2CCc1ccn(C)n1. The number of hydrogen-bond donors (Lipinski definition) is 0. The van der Waals surface area contributed by atoms with Crippen molar-refractivity contribution < 1.29 is 4.39 Å². The molecule has 0 atom stereocenters. The quantitative estimate of drug-likeness (QED) is 0.694. The highest BCUT2D eigenvalue weighted by Crippen LogP contribution is 2.21. The molecule has 0 saturated carbocycles. The summed E-state index contributed by atoms with van der Waals surface area (Å²) in [5.41, 5.74) is 3.19. The van der Waals surface area contributed by atoms with E-state index >= 15 is 0 Å². The summed E-state index contributed by atoms with van der Waals surface area (Å²) < 4.78 is 17.5. The molecule has 21 heavy (non-hydrogen) atoms. The Kier molecular flexibility index (Phi) is 3.68. The average Bonchev–Trinajstić information content (AvgIpc) is 3.01. The molecule has 0 amide bonds. The fraction of sp³-hybridized carbons (Fsp3) is 0.333. The highest BCUT2D eigenvalue weighted by molar-refractivity contribution is 6.16. The molecule has 1 aromatic carbocycles. The van der Waals surface area contributed by atoms with Gasteiger partial charge in [-0.3, -0.25) is 4.68 Å². The molecule has 0 aliphatic heterocycles. The largest absolute Gasteiger partial charge is 0.327 e. The van der Waals surface area contributed by atoms with E-state index < -0.39 is 0 Å². The number of imidazole rings is 1. The lowest BCUT2D eigenvalue weighted by atomic mass is 10.2. The second-order valence-corrected chi connectivity index (χ2v) is 5.40. The third-order valence-electron chi connectivity index (χ3n) is 3.59. The van der Waals surface area contributed by atoms with Crippen molar-refractivity contribution in [1.29, 1.82) is 0 Å². The van der Waals surface area contributed by atoms with E-state index in [1.165, 1.54) is 6.07 Å². The summed E-state index contributed by atoms with van der Waals surface area (Å²) in [7, 11) is 1.90. The molecule has 0 fully saturated rings. The van der Waals surface area contributed by atoms with Gasteiger partial charge in [0.15, 0.2) is 0 Å². The average molecular weight is 307 g/mol. The number of halogens is 2. The summed E-state index contributed by atoms with van der Waals surface area (Å²) in [5.74, 6) is 0.822. The molecular formula is C15H16ClFN4. The molecule has 0 aliphatic carbocycles. The Morgan fingerprint density at radius 2 is 2.14 bits per heavy atom. The molecule has 0 aliphatic rings. The van der Waals surface area contributed by atoms with Gasteiger partial charge in [0.05, 0.1) is 22.6 Å². The number of nitrogens with zero attached hydrogens (tertiary/aromatic N) is 4. The van der Waals surface area contributed by atoms with Crippen molar-refractivity contribution in [3.8, 4) is 0 Å². The van der Waals surface area contributed by atoms with E-state index in [1.54, 1.807) is 11.6 Å². The van der Waals surface area contributed by atoms with Crippen molar-refractivity contribution in [3.05, 3.63) is 47.3 Å². The summed E-state index contributed by atoms with van der Waals surface area (Å²) in [5, 5.41) is 4.37. The Bertz CT molecular complexity index is 790. The minimum Gasteiger partial charge on any atom is -0.327 e. The van der Waals surface area contributed by atoms with Gasteiger partial charge in [0.1, 0.15) is 11.6 Å². The molecule has 0 bridgehead atoms. The van der Waals surface area contributed by atoms with E-state index in [9.17, 15) is 4.39 Å². The summed E-state index contributed by atoms with van der Waals surface area (Å²) in [6, 6.07) is 5.29. The van der Waals surface area contributed by atoms with Gasteiger partial charge in [0.2, 0.25) is 0 Å². The molecule has 4 nitrogen and oxygen atoms in total. The van der Waals surface area contributed by atoms with Gasteiger partial charge in [-0.05, 0) is 24.6 Å². The van der Waals surface area contributed by atoms with Crippen LogP contribution in [0.3, 0.4) is 0 Å². The lowest BCUT2D eigenvalue weighted by Gasteiger charge is -2.07. The zero-order valence-corrected chi connectivity index (χ0v) is 12.7. The fourth-order valence-corrected chi connectivity index (χ4v) is 2.68. The lowest BCUT2D eigenvalue weighted by Crippen LogP contribution is -2.06. The van der Waals surface area contributed by atoms with Gasteiger partial charge in [-0.25, -0.2) is 9.37 Å². The number of aromatic nitrogens is 4. The zero-order chi connectivity index (χ0) is 15.0. The standard InChI is InChI=1S/C15H16ClFN4/c1-10-7-14-13(8-12(10)17)18-15(9-16)21(14)6-4-11-3-5-20(2)19-11/h3,5,7-8H,4,6,9H2,1-2H3. The number of hydrogen-bond acceptors (Lipinski definition) is 2. The Morgan fingerprint density at radius 3 is 2.81 bits per heavy atom. The first-order valence-electron chi connectivity index (χ1n) is 6.78. The maximum atomic E-state index is 13.7. The first-order valence-corrected chi connectivity index (χ1v) is 7.31. The number of aryl methyl sites for hydroxylation is 4. The number of alkyl halides is 1. The maximum absolute atomic E-state index is 13.7. The molecule has 0 N–H and O–H groups in total. The van der Waals surface area contributed by atoms with Crippen molar-refractivity contribution in [2.45, 2.75) is 25.8 Å². The zero-order valence-electron chi connectivity index (χ0n) is 12.0. The topological polar surface area (TPSA) is 35.6 Å². The molecule has 0 saturated heterocycles. The number of benzene rings is 1. The van der Waals surface area contributed by atoms with Gasteiger partial charge in [-0.15, -0.1) is 11.6 Å². The monoisotopic (exact) mass is 306 g/mol. The Balaban J connectivity index is 1.97. The van der Waals surface area contributed by atoms with Crippen molar-refractivity contribution in [1.82, 2.24) is 19.3 Å². The Labute approximate surface area is 127 Å². The van der Waals surface area contributed by atoms with Gasteiger partial charge in [0.25, 0.3) is 0 Å². The molecule has 2 heterocycles. The van der Waals surface area contributed by atoms with E-state index in [2.05, 4.69) is 10.1 Å². The summed E-state index contributed by atoms with van der Waals surface area (Å²) in [6.45, 7) is 2.48. The first kappa shape index (κ1) is 14.1. The smallest absolute Gasteiger partial charge is 0.128 e. The third-order valence-corrected chi connectivity index (χ3v) is 3.83. The fourth-order valence-electron chi connectivity index (χ4n) is 2.47. The van der Waals surface area contributed by atoms with Crippen LogP contribution in [-0.4, -0.2) is 19.3 Å². The molecule has 3 rings (SSSR count). The van der Waals surface area contributed by atoms with Crippen LogP contribution in [0.2, 0.25) is 0 Å². The first-order chi connectivity index (χ1) is 10.1. The van der Waals surface area contributed by atoms with Gasteiger partial charge >= 0.3 is 0 Å². The van der Waals surface area contributed by atoms with Gasteiger partial charge in [0, 0.05) is 32.3 Å². The molecule has 0 unspecified atom stereocenters. The predicted octanol–water partition coefficient (Wildman–Crippen LogP) is 3.20. The predicted molar refractivity (Wildman–Crippen MR) is 80.9 cm³/mol. The van der Waals surface area contributed by atoms with Gasteiger partial charge in [-0.1, -0.05) is 0 Å². The highest BCUT2D eigenvalue weighted by atomic mass is 35.5. The molecule has 2 aromatic heterocycles. The number of fused-ring (bicyclic) bond motifs is 1. The normalized spacial score (nSPS) is 11.4.